The highest BCUT2D eigenvalue weighted by Crippen LogP contribution is 2.11. The van der Waals surface area contributed by atoms with Gasteiger partial charge in [-0.25, -0.2) is 0 Å². The molecule has 0 bridgehead atoms. The Hall–Kier alpha value is -2.62. The van der Waals surface area contributed by atoms with Crippen LogP contribution in [0, 0.1) is 27.7 Å². The van der Waals surface area contributed by atoms with Crippen LogP contribution in [0.2, 0.25) is 0 Å². The first kappa shape index (κ1) is 16.7. The van der Waals surface area contributed by atoms with Gasteiger partial charge in [0.15, 0.2) is 0 Å². The molecule has 0 atom stereocenters. The molecule has 4 nitrogen and oxygen atoms in total. The number of nitrogens with one attached hydrogen (secondary N) is 2. The van der Waals surface area contributed by atoms with E-state index in [0.717, 1.165) is 22.3 Å². The van der Waals surface area contributed by atoms with Gasteiger partial charge in [-0.2, -0.15) is 0 Å². The average Bonchev–Trinajstić information content (AvgIpc) is 2.48. The molecule has 23 heavy (non-hydrogen) atoms. The van der Waals surface area contributed by atoms with Gasteiger partial charge in [-0.15, -0.1) is 0 Å². The molecule has 0 aliphatic carbocycles. The quantitative estimate of drug-likeness (QED) is 0.856. The first-order valence-corrected chi connectivity index (χ1v) is 7.59. The van der Waals surface area contributed by atoms with Crippen LogP contribution in [0.4, 0.5) is 0 Å². The van der Waals surface area contributed by atoms with Crippen LogP contribution in [0.1, 0.15) is 38.2 Å². The summed E-state index contributed by atoms with van der Waals surface area (Å²) in [6, 6.07) is 11.5. The molecule has 2 amide bonds. The smallest absolute Gasteiger partial charge is 0.269 e. The lowest BCUT2D eigenvalue weighted by atomic mass is 10.0. The Morgan fingerprint density at radius 2 is 1.57 bits per heavy atom. The second-order valence-corrected chi connectivity index (χ2v) is 5.92. The monoisotopic (exact) mass is 310 g/mol. The molecule has 0 fully saturated rings. The summed E-state index contributed by atoms with van der Waals surface area (Å²) in [5.41, 5.74) is 10.7. The van der Waals surface area contributed by atoms with Gasteiger partial charge in [0.2, 0.25) is 5.91 Å². The predicted octanol–water partition coefficient (Wildman–Crippen LogP) is 2.92. The number of hydrazine groups is 1. The molecule has 120 valence electrons. The molecule has 2 aromatic rings. The fourth-order valence-electron chi connectivity index (χ4n) is 2.41. The fraction of sp³-hybridized carbons (Fsp3) is 0.263. The second-order valence-electron chi connectivity index (χ2n) is 5.92. The number of amides is 2. The Balaban J connectivity index is 1.93. The van der Waals surface area contributed by atoms with E-state index in [1.54, 1.807) is 6.07 Å². The molecule has 0 heterocycles. The van der Waals surface area contributed by atoms with Crippen molar-refractivity contribution < 1.29 is 9.59 Å². The number of hydrogen-bond donors (Lipinski definition) is 2. The van der Waals surface area contributed by atoms with E-state index in [1.165, 1.54) is 5.56 Å². The number of carbonyl (C=O) groups excluding carboxylic acids is 2. The first-order chi connectivity index (χ1) is 10.9. The summed E-state index contributed by atoms with van der Waals surface area (Å²) >= 11 is 0. The molecule has 0 aliphatic rings. The molecule has 2 aromatic carbocycles. The Labute approximate surface area is 136 Å². The zero-order chi connectivity index (χ0) is 17.0. The molecular formula is C19H22N2O2. The zero-order valence-corrected chi connectivity index (χ0v) is 14.0. The van der Waals surface area contributed by atoms with Crippen LogP contribution >= 0.6 is 0 Å². The van der Waals surface area contributed by atoms with Gasteiger partial charge in [0.25, 0.3) is 5.91 Å². The van der Waals surface area contributed by atoms with Crippen molar-refractivity contribution in [2.75, 3.05) is 0 Å². The van der Waals surface area contributed by atoms with Gasteiger partial charge in [-0.3, -0.25) is 20.4 Å². The van der Waals surface area contributed by atoms with Crippen LogP contribution in [-0.4, -0.2) is 11.8 Å². The third kappa shape index (κ3) is 4.42. The predicted molar refractivity (Wildman–Crippen MR) is 91.1 cm³/mol. The number of aryl methyl sites for hydroxylation is 4. The molecule has 2 rings (SSSR count). The van der Waals surface area contributed by atoms with E-state index in [0.29, 0.717) is 5.56 Å². The molecule has 2 N–H and O–H groups in total. The molecular weight excluding hydrogens is 288 g/mol. The maximum atomic E-state index is 12.1. The van der Waals surface area contributed by atoms with Crippen molar-refractivity contribution in [3.8, 4) is 0 Å². The van der Waals surface area contributed by atoms with E-state index < -0.39 is 0 Å². The van der Waals surface area contributed by atoms with Crippen LogP contribution in [0.15, 0.2) is 36.4 Å². The van der Waals surface area contributed by atoms with E-state index >= 15 is 0 Å². The summed E-state index contributed by atoms with van der Waals surface area (Å²) in [7, 11) is 0. The number of hydrogen-bond acceptors (Lipinski definition) is 2. The molecule has 0 saturated carbocycles. The van der Waals surface area contributed by atoms with Crippen LogP contribution in [0.5, 0.6) is 0 Å². The van der Waals surface area contributed by atoms with Gasteiger partial charge >= 0.3 is 0 Å². The fourth-order valence-corrected chi connectivity index (χ4v) is 2.41. The zero-order valence-electron chi connectivity index (χ0n) is 14.0. The molecule has 0 saturated heterocycles. The van der Waals surface area contributed by atoms with Crippen LogP contribution < -0.4 is 10.9 Å². The topological polar surface area (TPSA) is 58.2 Å². The summed E-state index contributed by atoms with van der Waals surface area (Å²) in [5, 5.41) is 0. The highest BCUT2D eigenvalue weighted by molar-refractivity contribution is 5.96. The van der Waals surface area contributed by atoms with Crippen molar-refractivity contribution >= 4 is 11.8 Å². The van der Waals surface area contributed by atoms with Crippen molar-refractivity contribution in [1.29, 1.82) is 0 Å². The molecule has 0 aliphatic heterocycles. The van der Waals surface area contributed by atoms with E-state index in [-0.39, 0.29) is 18.2 Å². The van der Waals surface area contributed by atoms with Crippen LogP contribution in [0.25, 0.3) is 0 Å². The largest absolute Gasteiger partial charge is 0.273 e. The lowest BCUT2D eigenvalue weighted by Crippen LogP contribution is -2.42. The van der Waals surface area contributed by atoms with Gasteiger partial charge in [-0.05, 0) is 56.0 Å². The van der Waals surface area contributed by atoms with Gasteiger partial charge in [0.1, 0.15) is 0 Å². The Morgan fingerprint density at radius 1 is 0.826 bits per heavy atom. The van der Waals surface area contributed by atoms with Crippen molar-refractivity contribution in [3.63, 3.8) is 0 Å². The molecule has 4 heteroatoms. The lowest BCUT2D eigenvalue weighted by Gasteiger charge is -2.10. The van der Waals surface area contributed by atoms with E-state index in [9.17, 15) is 9.59 Å². The van der Waals surface area contributed by atoms with E-state index in [1.807, 2.05) is 58.0 Å². The normalized spacial score (nSPS) is 10.3. The second kappa shape index (κ2) is 7.09. The third-order valence-corrected chi connectivity index (χ3v) is 3.88. The highest BCUT2D eigenvalue weighted by atomic mass is 16.2. The summed E-state index contributed by atoms with van der Waals surface area (Å²) < 4.78 is 0. The van der Waals surface area contributed by atoms with Gasteiger partial charge in [0, 0.05) is 5.56 Å². The highest BCUT2D eigenvalue weighted by Gasteiger charge is 2.10. The van der Waals surface area contributed by atoms with Gasteiger partial charge in [0.05, 0.1) is 6.42 Å². The molecule has 0 aromatic heterocycles. The number of rotatable bonds is 3. The minimum Gasteiger partial charge on any atom is -0.273 e. The maximum absolute atomic E-state index is 12.1. The maximum Gasteiger partial charge on any atom is 0.269 e. The number of benzene rings is 2. The summed E-state index contributed by atoms with van der Waals surface area (Å²) in [5.74, 6) is -0.553. The molecule has 0 unspecified atom stereocenters. The van der Waals surface area contributed by atoms with Crippen molar-refractivity contribution in [2.24, 2.45) is 0 Å². The van der Waals surface area contributed by atoms with Crippen molar-refractivity contribution in [1.82, 2.24) is 10.9 Å². The van der Waals surface area contributed by atoms with Crippen molar-refractivity contribution in [3.05, 3.63) is 69.8 Å². The Bertz CT molecular complexity index is 751. The molecule has 0 radical (unpaired) electrons. The standard InChI is InChI=1S/C19H22N2O2/c1-12-5-8-17(15(4)9-12)19(23)21-20-18(22)11-16-7-6-13(2)14(3)10-16/h5-10H,11H2,1-4H3,(H,20,22)(H,21,23). The first-order valence-electron chi connectivity index (χ1n) is 7.59. The Morgan fingerprint density at radius 3 is 2.22 bits per heavy atom. The summed E-state index contributed by atoms with van der Waals surface area (Å²) in [4.78, 5) is 24.1. The summed E-state index contributed by atoms with van der Waals surface area (Å²) in [6.07, 6.45) is 0.230. The molecule has 0 spiro atoms. The van der Waals surface area contributed by atoms with Gasteiger partial charge in [-0.1, -0.05) is 35.9 Å². The van der Waals surface area contributed by atoms with Gasteiger partial charge < -0.3 is 0 Å². The van der Waals surface area contributed by atoms with E-state index in [2.05, 4.69) is 10.9 Å². The number of carbonyl (C=O) groups is 2. The van der Waals surface area contributed by atoms with Crippen molar-refractivity contribution in [2.45, 2.75) is 34.1 Å². The lowest BCUT2D eigenvalue weighted by molar-refractivity contribution is -0.121. The minimum absolute atomic E-state index is 0.230. The SMILES string of the molecule is Cc1ccc(C(=O)NNC(=O)Cc2ccc(C)c(C)c2)c(C)c1. The summed E-state index contributed by atoms with van der Waals surface area (Å²) in [6.45, 7) is 7.89. The van der Waals surface area contributed by atoms with E-state index in [4.69, 9.17) is 0 Å². The van der Waals surface area contributed by atoms with Crippen LogP contribution in [-0.2, 0) is 11.2 Å². The van der Waals surface area contributed by atoms with Crippen LogP contribution in [0.3, 0.4) is 0 Å². The minimum atomic E-state index is -0.309. The third-order valence-electron chi connectivity index (χ3n) is 3.88. The average molecular weight is 310 g/mol. The Kier molecular flexibility index (Phi) is 5.16.